The Morgan fingerprint density at radius 2 is 1.85 bits per heavy atom. The van der Waals surface area contributed by atoms with Gasteiger partial charge >= 0.3 is 22.1 Å². The lowest BCUT2D eigenvalue weighted by Gasteiger charge is -2.35. The van der Waals surface area contributed by atoms with Gasteiger partial charge in [-0.2, -0.15) is 12.4 Å². The molecule has 0 bridgehead atoms. The summed E-state index contributed by atoms with van der Waals surface area (Å²) in [5.41, 5.74) is -1.74. The largest absolute Gasteiger partial charge is 0.503 e. The molecule has 0 unspecified atom stereocenters. The van der Waals surface area contributed by atoms with Gasteiger partial charge in [0.2, 0.25) is 0 Å². The van der Waals surface area contributed by atoms with Crippen molar-refractivity contribution >= 4 is 16.5 Å². The third kappa shape index (κ3) is 4.94. The van der Waals surface area contributed by atoms with Crippen LogP contribution < -0.4 is 5.56 Å². The number of ether oxygens (including phenoxy) is 1. The first-order chi connectivity index (χ1) is 11.9. The second kappa shape index (κ2) is 7.23. The number of hydrogen-bond donors (Lipinski definition) is 1. The van der Waals surface area contributed by atoms with Gasteiger partial charge in [0.25, 0.3) is 0 Å². The van der Waals surface area contributed by atoms with E-state index < -0.39 is 33.4 Å². The third-order valence-corrected chi connectivity index (χ3v) is 4.53. The molecule has 0 aromatic carbocycles. The number of halogens is 1. The van der Waals surface area contributed by atoms with Crippen molar-refractivity contribution in [3.8, 4) is 5.75 Å². The molecule has 1 aliphatic rings. The molecule has 0 saturated carbocycles. The summed E-state index contributed by atoms with van der Waals surface area (Å²) in [6, 6.07) is 1.17. The molecule has 0 aliphatic carbocycles. The van der Waals surface area contributed by atoms with Crippen LogP contribution in [-0.4, -0.2) is 65.2 Å². The zero-order valence-corrected chi connectivity index (χ0v) is 15.6. The van der Waals surface area contributed by atoms with Gasteiger partial charge in [-0.25, -0.2) is 4.79 Å². The van der Waals surface area contributed by atoms with Gasteiger partial charge in [0.1, 0.15) is 5.60 Å². The molecule has 11 heteroatoms. The fourth-order valence-electron chi connectivity index (χ4n) is 2.50. The van der Waals surface area contributed by atoms with Crippen molar-refractivity contribution in [3.63, 3.8) is 0 Å². The van der Waals surface area contributed by atoms with Crippen LogP contribution in [0, 0.1) is 0 Å². The van der Waals surface area contributed by atoms with Gasteiger partial charge < -0.3 is 14.7 Å². The van der Waals surface area contributed by atoms with E-state index in [1.807, 2.05) is 4.90 Å². The summed E-state index contributed by atoms with van der Waals surface area (Å²) in [5.74, 6) is -0.816. The molecule has 0 spiro atoms. The molecule has 1 N–H and O–H groups in total. The van der Waals surface area contributed by atoms with Crippen LogP contribution in [-0.2, 0) is 21.7 Å². The molecule has 146 valence electrons. The zero-order chi connectivity index (χ0) is 19.7. The van der Waals surface area contributed by atoms with Crippen molar-refractivity contribution in [1.82, 2.24) is 13.8 Å². The predicted octanol–water partition coefficient (Wildman–Crippen LogP) is 0.669. The first kappa shape index (κ1) is 20.2. The molecule has 0 radical (unpaired) electrons. The van der Waals surface area contributed by atoms with E-state index >= 15 is 0 Å². The summed E-state index contributed by atoms with van der Waals surface area (Å²) < 4.78 is 39.8. The summed E-state index contributed by atoms with van der Waals surface area (Å²) >= 11 is 0. The number of aromatic hydroxyl groups is 1. The number of carbonyl (C=O) groups excluding carboxylic acids is 1. The van der Waals surface area contributed by atoms with Gasteiger partial charge in [0.05, 0.1) is 0 Å². The number of piperazine rings is 1. The average molecular weight is 391 g/mol. The number of aromatic nitrogens is 1. The van der Waals surface area contributed by atoms with Gasteiger partial charge in [0.15, 0.2) is 5.75 Å². The summed E-state index contributed by atoms with van der Waals surface area (Å²) in [6.07, 6.45) is 0.361. The fourth-order valence-corrected chi connectivity index (χ4v) is 2.99. The SMILES string of the molecule is CC(C)(C)OC(=O)N1CCN(Cc2ccn(S(=O)(=O)F)c(=O)c2O)CC1. The van der Waals surface area contributed by atoms with Gasteiger partial charge in [-0.3, -0.25) is 9.69 Å². The Morgan fingerprint density at radius 3 is 2.35 bits per heavy atom. The van der Waals surface area contributed by atoms with Crippen molar-refractivity contribution in [1.29, 1.82) is 0 Å². The molecule has 0 atom stereocenters. The number of amides is 1. The lowest BCUT2D eigenvalue weighted by atomic mass is 10.2. The van der Waals surface area contributed by atoms with Crippen LogP contribution in [0.2, 0.25) is 0 Å². The van der Waals surface area contributed by atoms with Crippen LogP contribution >= 0.6 is 0 Å². The van der Waals surface area contributed by atoms with Crippen LogP contribution in [0.4, 0.5) is 8.68 Å². The van der Waals surface area contributed by atoms with E-state index in [4.69, 9.17) is 4.74 Å². The predicted molar refractivity (Wildman–Crippen MR) is 90.9 cm³/mol. The van der Waals surface area contributed by atoms with E-state index in [2.05, 4.69) is 0 Å². The van der Waals surface area contributed by atoms with Crippen LogP contribution in [0.3, 0.4) is 0 Å². The monoisotopic (exact) mass is 391 g/mol. The minimum atomic E-state index is -5.27. The lowest BCUT2D eigenvalue weighted by molar-refractivity contribution is 0.0138. The Hall–Kier alpha value is -2.14. The molecule has 2 heterocycles. The molecule has 9 nitrogen and oxygen atoms in total. The van der Waals surface area contributed by atoms with E-state index in [1.165, 1.54) is 6.07 Å². The van der Waals surface area contributed by atoms with E-state index in [0.29, 0.717) is 26.2 Å². The van der Waals surface area contributed by atoms with Gasteiger partial charge in [0, 0.05) is 44.5 Å². The maximum absolute atomic E-state index is 13.0. The average Bonchev–Trinajstić information content (AvgIpc) is 2.49. The van der Waals surface area contributed by atoms with Crippen molar-refractivity contribution in [3.05, 3.63) is 28.2 Å². The second-order valence-electron chi connectivity index (χ2n) is 6.98. The maximum Gasteiger partial charge on any atom is 0.410 e. The standard InChI is InChI=1S/C15H22FN3O6S/c1-15(2,3)25-14(22)18-8-6-17(7-9-18)10-11-4-5-19(26(16,23)24)13(21)12(11)20/h4-5,20H,6-10H2,1-3H3. The minimum Gasteiger partial charge on any atom is -0.503 e. The van der Waals surface area contributed by atoms with E-state index in [-0.39, 0.29) is 16.1 Å². The van der Waals surface area contributed by atoms with Gasteiger partial charge in [-0.15, -0.1) is 0 Å². The molecule has 1 aromatic heterocycles. The zero-order valence-electron chi connectivity index (χ0n) is 14.8. The second-order valence-corrected chi connectivity index (χ2v) is 8.19. The topological polar surface area (TPSA) is 109 Å². The summed E-state index contributed by atoms with van der Waals surface area (Å²) in [4.78, 5) is 27.2. The van der Waals surface area contributed by atoms with E-state index in [9.17, 15) is 27.0 Å². The molecule has 1 aliphatic heterocycles. The third-order valence-electron chi connectivity index (χ3n) is 3.77. The Bertz CT molecular complexity index is 838. The number of rotatable bonds is 3. The molecule has 1 amide bonds. The number of hydrogen-bond acceptors (Lipinski definition) is 7. The highest BCUT2D eigenvalue weighted by molar-refractivity contribution is 7.84. The summed E-state index contributed by atoms with van der Waals surface area (Å²) in [6.45, 7) is 7.27. The highest BCUT2D eigenvalue weighted by Gasteiger charge is 2.26. The first-order valence-electron chi connectivity index (χ1n) is 7.97. The highest BCUT2D eigenvalue weighted by Crippen LogP contribution is 2.17. The van der Waals surface area contributed by atoms with Crippen LogP contribution in [0.15, 0.2) is 17.1 Å². The fraction of sp³-hybridized carbons (Fsp3) is 0.600. The molecular weight excluding hydrogens is 369 g/mol. The molecule has 26 heavy (non-hydrogen) atoms. The highest BCUT2D eigenvalue weighted by atomic mass is 32.3. The lowest BCUT2D eigenvalue weighted by Crippen LogP contribution is -2.49. The first-order valence-corrected chi connectivity index (χ1v) is 9.31. The number of nitrogens with zero attached hydrogens (tertiary/aromatic N) is 3. The normalized spacial score (nSPS) is 16.5. The summed E-state index contributed by atoms with van der Waals surface area (Å²) in [7, 11) is -5.27. The Kier molecular flexibility index (Phi) is 5.61. The van der Waals surface area contributed by atoms with E-state index in [1.54, 1.807) is 25.7 Å². The van der Waals surface area contributed by atoms with Crippen LogP contribution in [0.1, 0.15) is 26.3 Å². The minimum absolute atomic E-state index is 0.160. The smallest absolute Gasteiger partial charge is 0.410 e. The van der Waals surface area contributed by atoms with Crippen molar-refractivity contribution in [2.45, 2.75) is 32.9 Å². The molecule has 1 fully saturated rings. The van der Waals surface area contributed by atoms with Crippen molar-refractivity contribution in [2.24, 2.45) is 0 Å². The summed E-state index contributed by atoms with van der Waals surface area (Å²) in [5, 5.41) is 9.86. The Balaban J connectivity index is 2.01. The number of carbonyl (C=O) groups is 1. The molecule has 1 saturated heterocycles. The molecule has 1 aromatic rings. The van der Waals surface area contributed by atoms with E-state index in [0.717, 1.165) is 6.20 Å². The van der Waals surface area contributed by atoms with Crippen molar-refractivity contribution < 1.29 is 26.9 Å². The molecular formula is C15H22FN3O6S. The quantitative estimate of drug-likeness (QED) is 0.754. The van der Waals surface area contributed by atoms with Crippen LogP contribution in [0.5, 0.6) is 5.75 Å². The Labute approximate surface area is 150 Å². The van der Waals surface area contributed by atoms with Crippen molar-refractivity contribution in [2.75, 3.05) is 26.2 Å². The molecule has 2 rings (SSSR count). The van der Waals surface area contributed by atoms with Gasteiger partial charge in [-0.1, -0.05) is 3.89 Å². The van der Waals surface area contributed by atoms with Gasteiger partial charge in [-0.05, 0) is 26.8 Å². The maximum atomic E-state index is 13.0. The van der Waals surface area contributed by atoms with Crippen LogP contribution in [0.25, 0.3) is 0 Å². The number of pyridine rings is 1. The Morgan fingerprint density at radius 1 is 1.27 bits per heavy atom.